The summed E-state index contributed by atoms with van der Waals surface area (Å²) in [4.78, 5) is 0. The van der Waals surface area contributed by atoms with Crippen LogP contribution in [0.4, 0.5) is 0 Å². The van der Waals surface area contributed by atoms with Crippen molar-refractivity contribution < 1.29 is 5.11 Å². The van der Waals surface area contributed by atoms with Crippen LogP contribution in [0.3, 0.4) is 0 Å². The molecule has 0 aliphatic carbocycles. The summed E-state index contributed by atoms with van der Waals surface area (Å²) in [6.07, 6.45) is 0. The Morgan fingerprint density at radius 1 is 0.867 bits per heavy atom. The second-order valence-electron chi connectivity index (χ2n) is 3.16. The van der Waals surface area contributed by atoms with Crippen LogP contribution in [-0.4, -0.2) is 18.3 Å². The van der Waals surface area contributed by atoms with E-state index in [4.69, 9.17) is 5.11 Å². The van der Waals surface area contributed by atoms with Crippen LogP contribution >= 0.6 is 0 Å². The van der Waals surface area contributed by atoms with Crippen molar-refractivity contribution >= 4 is 0 Å². The first-order valence-corrected chi connectivity index (χ1v) is 5.12. The molecule has 0 spiro atoms. The van der Waals surface area contributed by atoms with E-state index >= 15 is 0 Å². The maximum atomic E-state index is 8.64. The molecule has 0 aliphatic heterocycles. The summed E-state index contributed by atoms with van der Waals surface area (Å²) in [5.74, 6) is 0. The van der Waals surface area contributed by atoms with Crippen LogP contribution in [0.25, 0.3) is 0 Å². The van der Waals surface area contributed by atoms with Crippen LogP contribution in [0.1, 0.15) is 5.56 Å². The van der Waals surface area contributed by atoms with E-state index in [1.165, 1.54) is 5.56 Å². The van der Waals surface area contributed by atoms with Crippen molar-refractivity contribution in [2.45, 2.75) is 6.54 Å². The molecule has 0 radical (unpaired) electrons. The molecule has 2 N–H and O–H groups in total. The molecule has 15 heavy (non-hydrogen) atoms. The Bertz CT molecular complexity index is 299. The zero-order valence-corrected chi connectivity index (χ0v) is 8.76. The van der Waals surface area contributed by atoms with Gasteiger partial charge in [0, 0.05) is 13.1 Å². The van der Waals surface area contributed by atoms with Crippen molar-refractivity contribution in [3.05, 3.63) is 60.2 Å². The van der Waals surface area contributed by atoms with E-state index in [1.807, 2.05) is 42.5 Å². The summed E-state index contributed by atoms with van der Waals surface area (Å²) in [5, 5.41) is 11.8. The third-order valence-corrected chi connectivity index (χ3v) is 1.90. The second-order valence-corrected chi connectivity index (χ2v) is 3.16. The maximum absolute atomic E-state index is 8.64. The van der Waals surface area contributed by atoms with E-state index in [0.29, 0.717) is 6.54 Å². The molecule has 0 saturated carbocycles. The highest BCUT2D eigenvalue weighted by molar-refractivity contribution is 5.11. The lowest BCUT2D eigenvalue weighted by Gasteiger charge is -2.00. The van der Waals surface area contributed by atoms with Crippen molar-refractivity contribution in [1.29, 1.82) is 0 Å². The highest BCUT2D eigenvalue weighted by atomic mass is 16.3. The molecule has 0 bridgehead atoms. The molecule has 1 aromatic rings. The minimum absolute atomic E-state index is 0.176. The Balaban J connectivity index is 2.70. The zero-order chi connectivity index (χ0) is 10.8. The minimum Gasteiger partial charge on any atom is -0.395 e. The van der Waals surface area contributed by atoms with Gasteiger partial charge in [-0.05, 0) is 5.56 Å². The zero-order valence-electron chi connectivity index (χ0n) is 8.76. The van der Waals surface area contributed by atoms with E-state index in [9.17, 15) is 0 Å². The van der Waals surface area contributed by atoms with Crippen LogP contribution < -0.4 is 5.32 Å². The Kier molecular flexibility index (Phi) is 6.21. The van der Waals surface area contributed by atoms with Gasteiger partial charge in [-0.15, -0.1) is 0 Å². The molecule has 1 rings (SSSR count). The lowest BCUT2D eigenvalue weighted by Crippen LogP contribution is -2.17. The summed E-state index contributed by atoms with van der Waals surface area (Å²) >= 11 is 0. The predicted molar refractivity (Wildman–Crippen MR) is 62.9 cm³/mol. The van der Waals surface area contributed by atoms with Crippen molar-refractivity contribution in [3.63, 3.8) is 0 Å². The Morgan fingerprint density at radius 3 is 1.93 bits per heavy atom. The number of aliphatic hydroxyl groups excluding tert-OH is 1. The molecule has 0 unspecified atom stereocenters. The summed E-state index contributed by atoms with van der Waals surface area (Å²) < 4.78 is 0. The first-order chi connectivity index (χ1) is 7.43. The molecule has 2 nitrogen and oxygen atoms in total. The number of nitrogens with one attached hydrogen (secondary N) is 1. The third kappa shape index (κ3) is 5.83. The Labute approximate surface area is 90.9 Å². The van der Waals surface area contributed by atoms with Gasteiger partial charge in [0.1, 0.15) is 0 Å². The lowest BCUT2D eigenvalue weighted by atomic mass is 10.2. The molecule has 0 aromatic heterocycles. The smallest absolute Gasteiger partial charge is 0.0556 e. The van der Waals surface area contributed by atoms with Gasteiger partial charge in [-0.3, -0.25) is 0 Å². The van der Waals surface area contributed by atoms with E-state index in [2.05, 4.69) is 17.4 Å². The maximum Gasteiger partial charge on any atom is 0.0556 e. The number of hydrogen-bond donors (Lipinski definition) is 2. The second kappa shape index (κ2) is 7.97. The van der Waals surface area contributed by atoms with Gasteiger partial charge in [0.2, 0.25) is 0 Å². The highest BCUT2D eigenvalue weighted by Crippen LogP contribution is 1.93. The molecule has 0 atom stereocenters. The minimum atomic E-state index is 0.176. The Morgan fingerprint density at radius 2 is 1.40 bits per heavy atom. The molecular formula is C13H17NO. The van der Waals surface area contributed by atoms with Crippen LogP contribution in [0.15, 0.2) is 54.6 Å². The number of aliphatic hydroxyl groups is 1. The lowest BCUT2D eigenvalue weighted by molar-refractivity contribution is 0.292. The van der Waals surface area contributed by atoms with Crippen molar-refractivity contribution in [2.24, 2.45) is 0 Å². The molecular weight excluding hydrogens is 186 g/mol. The fourth-order valence-corrected chi connectivity index (χ4v) is 1.16. The molecule has 0 fully saturated rings. The summed E-state index contributed by atoms with van der Waals surface area (Å²) in [5.41, 5.74) is 1.19. The molecule has 80 valence electrons. The summed E-state index contributed by atoms with van der Waals surface area (Å²) in [6.45, 7) is 1.58. The van der Waals surface area contributed by atoms with Crippen LogP contribution in [0.5, 0.6) is 0 Å². The van der Waals surface area contributed by atoms with E-state index in [0.717, 1.165) is 6.54 Å². The fraction of sp³-hybridized carbons (Fsp3) is 0.231. The van der Waals surface area contributed by atoms with Crippen molar-refractivity contribution in [3.8, 4) is 0 Å². The molecule has 0 saturated heterocycles. The largest absolute Gasteiger partial charge is 0.395 e. The van der Waals surface area contributed by atoms with Gasteiger partial charge >= 0.3 is 0 Å². The third-order valence-electron chi connectivity index (χ3n) is 1.90. The molecule has 1 aromatic carbocycles. The van der Waals surface area contributed by atoms with Gasteiger partial charge in [-0.1, -0.05) is 54.6 Å². The number of hydrogen-bond acceptors (Lipinski definition) is 2. The van der Waals surface area contributed by atoms with Gasteiger partial charge in [0.05, 0.1) is 6.61 Å². The monoisotopic (exact) mass is 203 g/mol. The predicted octanol–water partition coefficient (Wildman–Crippen LogP) is 1.89. The van der Waals surface area contributed by atoms with Gasteiger partial charge in [0.25, 0.3) is 0 Å². The fourth-order valence-electron chi connectivity index (χ4n) is 1.16. The normalized spacial score (nSPS) is 9.40. The SMILES string of the molecule is OCCNCc1ccccccccc1. The van der Waals surface area contributed by atoms with Crippen LogP contribution in [0.2, 0.25) is 0 Å². The summed E-state index contributed by atoms with van der Waals surface area (Å²) in [6, 6.07) is 18.1. The van der Waals surface area contributed by atoms with Crippen molar-refractivity contribution in [2.75, 3.05) is 13.2 Å². The van der Waals surface area contributed by atoms with E-state index in [-0.39, 0.29) is 6.61 Å². The van der Waals surface area contributed by atoms with E-state index < -0.39 is 0 Å². The first-order valence-electron chi connectivity index (χ1n) is 5.12. The highest BCUT2D eigenvalue weighted by Gasteiger charge is 1.86. The van der Waals surface area contributed by atoms with Gasteiger partial charge in [0.15, 0.2) is 0 Å². The molecule has 0 heterocycles. The van der Waals surface area contributed by atoms with Crippen LogP contribution in [0, 0.1) is 0 Å². The van der Waals surface area contributed by atoms with Gasteiger partial charge in [-0.25, -0.2) is 0 Å². The molecule has 0 amide bonds. The van der Waals surface area contributed by atoms with Gasteiger partial charge in [-0.2, -0.15) is 0 Å². The number of rotatable bonds is 4. The first kappa shape index (κ1) is 11.7. The standard InChI is InChI=1S/C13H17NO/c15-11-10-14-12-13-8-6-4-2-1-3-5-7-9-13/h1-9,14-15H,10-12H2. The van der Waals surface area contributed by atoms with E-state index in [1.54, 1.807) is 0 Å². The average molecular weight is 203 g/mol. The van der Waals surface area contributed by atoms with Crippen molar-refractivity contribution in [1.82, 2.24) is 5.32 Å². The van der Waals surface area contributed by atoms with Gasteiger partial charge < -0.3 is 10.4 Å². The topological polar surface area (TPSA) is 32.3 Å². The molecule has 2 heteroatoms. The average Bonchev–Trinajstić information content (AvgIpc) is 2.27. The molecule has 0 aliphatic rings. The quantitative estimate of drug-likeness (QED) is 0.732. The van der Waals surface area contributed by atoms with Crippen LogP contribution in [-0.2, 0) is 6.54 Å². The Hall–Kier alpha value is -1.38. The summed E-state index contributed by atoms with van der Waals surface area (Å²) in [7, 11) is 0.